The molecule has 3 N–H and O–H groups in total. The second kappa shape index (κ2) is 9.04. The van der Waals surface area contributed by atoms with Gasteiger partial charge in [-0.05, 0) is 38.0 Å². The molecule has 0 aliphatic carbocycles. The van der Waals surface area contributed by atoms with E-state index < -0.39 is 0 Å². The predicted molar refractivity (Wildman–Crippen MR) is 68.1 cm³/mol. The number of hydrogen-bond acceptors (Lipinski definition) is 3. The summed E-state index contributed by atoms with van der Waals surface area (Å²) in [7, 11) is 0. The molecule has 0 saturated carbocycles. The average molecular weight is 232 g/mol. The van der Waals surface area contributed by atoms with Crippen LogP contribution in [-0.2, 0) is 4.79 Å². The topological polar surface area (TPSA) is 55.1 Å². The van der Waals surface area contributed by atoms with Crippen molar-refractivity contribution in [2.24, 2.45) is 11.7 Å². The maximum atomic E-state index is 11.6. The average Bonchev–Trinajstić information content (AvgIpc) is 2.17. The van der Waals surface area contributed by atoms with Gasteiger partial charge in [0.1, 0.15) is 0 Å². The third-order valence-corrected chi connectivity index (χ3v) is 3.34. The first kappa shape index (κ1) is 14.8. The Balaban J connectivity index is 3.51. The van der Waals surface area contributed by atoms with Gasteiger partial charge in [0.2, 0.25) is 5.91 Å². The Labute approximate surface area is 97.6 Å². The van der Waals surface area contributed by atoms with E-state index in [1.54, 1.807) is 11.8 Å². The van der Waals surface area contributed by atoms with E-state index in [0.29, 0.717) is 12.5 Å². The highest BCUT2D eigenvalue weighted by Gasteiger charge is 2.11. The predicted octanol–water partition coefficient (Wildman–Crippen LogP) is 1.62. The second-order valence-corrected chi connectivity index (χ2v) is 5.58. The highest BCUT2D eigenvalue weighted by molar-refractivity contribution is 8.00. The SMILES string of the molecule is CC(C)CCNC(=O)C(C)SCCCN. The van der Waals surface area contributed by atoms with Crippen molar-refractivity contribution in [3.8, 4) is 0 Å². The van der Waals surface area contributed by atoms with E-state index in [1.807, 2.05) is 6.92 Å². The van der Waals surface area contributed by atoms with E-state index in [1.165, 1.54) is 0 Å². The quantitative estimate of drug-likeness (QED) is 0.625. The minimum Gasteiger partial charge on any atom is -0.355 e. The molecule has 0 rings (SSSR count). The Morgan fingerprint density at radius 3 is 2.60 bits per heavy atom. The van der Waals surface area contributed by atoms with Gasteiger partial charge in [-0.15, -0.1) is 11.8 Å². The fraction of sp³-hybridized carbons (Fsp3) is 0.909. The van der Waals surface area contributed by atoms with E-state index in [2.05, 4.69) is 19.2 Å². The lowest BCUT2D eigenvalue weighted by atomic mass is 10.1. The Bertz CT molecular complexity index is 174. The summed E-state index contributed by atoms with van der Waals surface area (Å²) in [4.78, 5) is 11.6. The first-order valence-corrected chi connectivity index (χ1v) is 6.72. The van der Waals surface area contributed by atoms with Crippen molar-refractivity contribution >= 4 is 17.7 Å². The molecule has 0 fully saturated rings. The highest BCUT2D eigenvalue weighted by atomic mass is 32.2. The van der Waals surface area contributed by atoms with Gasteiger partial charge in [0.25, 0.3) is 0 Å². The van der Waals surface area contributed by atoms with Crippen molar-refractivity contribution in [1.29, 1.82) is 0 Å². The van der Waals surface area contributed by atoms with Crippen molar-refractivity contribution in [2.45, 2.75) is 38.9 Å². The number of carbonyl (C=O) groups excluding carboxylic acids is 1. The van der Waals surface area contributed by atoms with E-state index in [9.17, 15) is 4.79 Å². The Hall–Kier alpha value is -0.220. The van der Waals surface area contributed by atoms with Gasteiger partial charge in [-0.2, -0.15) is 0 Å². The molecule has 4 heteroatoms. The molecular weight excluding hydrogens is 208 g/mol. The van der Waals surface area contributed by atoms with Crippen LogP contribution in [0.3, 0.4) is 0 Å². The highest BCUT2D eigenvalue weighted by Crippen LogP contribution is 2.11. The Morgan fingerprint density at radius 2 is 2.07 bits per heavy atom. The van der Waals surface area contributed by atoms with Crippen LogP contribution < -0.4 is 11.1 Å². The summed E-state index contributed by atoms with van der Waals surface area (Å²) >= 11 is 1.68. The Kier molecular flexibility index (Phi) is 8.91. The zero-order chi connectivity index (χ0) is 11.7. The summed E-state index contributed by atoms with van der Waals surface area (Å²) in [5.74, 6) is 1.76. The molecule has 1 atom stereocenters. The van der Waals surface area contributed by atoms with E-state index in [-0.39, 0.29) is 11.2 Å². The monoisotopic (exact) mass is 232 g/mol. The largest absolute Gasteiger partial charge is 0.355 e. The third-order valence-electron chi connectivity index (χ3n) is 2.11. The molecule has 0 spiro atoms. The summed E-state index contributed by atoms with van der Waals surface area (Å²) in [6.45, 7) is 7.76. The lowest BCUT2D eigenvalue weighted by Crippen LogP contribution is -2.32. The van der Waals surface area contributed by atoms with Crippen LogP contribution in [0.25, 0.3) is 0 Å². The molecule has 0 heterocycles. The van der Waals surface area contributed by atoms with Crippen molar-refractivity contribution in [3.63, 3.8) is 0 Å². The standard InChI is InChI=1S/C11H24N2OS/c1-9(2)5-7-13-11(14)10(3)15-8-4-6-12/h9-10H,4-8,12H2,1-3H3,(H,13,14). The molecule has 0 aromatic heterocycles. The van der Waals surface area contributed by atoms with Crippen LogP contribution in [-0.4, -0.2) is 30.0 Å². The fourth-order valence-electron chi connectivity index (χ4n) is 1.05. The first-order chi connectivity index (χ1) is 7.07. The number of rotatable bonds is 8. The number of amides is 1. The fourth-order valence-corrected chi connectivity index (χ4v) is 1.97. The smallest absolute Gasteiger partial charge is 0.232 e. The molecule has 0 aromatic rings. The molecule has 0 aliphatic heterocycles. The number of nitrogens with two attached hydrogens (primary N) is 1. The molecule has 0 bridgehead atoms. The molecule has 0 radical (unpaired) electrons. The summed E-state index contributed by atoms with van der Waals surface area (Å²) in [5, 5.41) is 2.99. The first-order valence-electron chi connectivity index (χ1n) is 5.67. The maximum Gasteiger partial charge on any atom is 0.232 e. The molecular formula is C11H24N2OS. The van der Waals surface area contributed by atoms with E-state index >= 15 is 0 Å². The number of hydrogen-bond donors (Lipinski definition) is 2. The van der Waals surface area contributed by atoms with Gasteiger partial charge in [-0.25, -0.2) is 0 Å². The van der Waals surface area contributed by atoms with Crippen molar-refractivity contribution in [2.75, 3.05) is 18.8 Å². The van der Waals surface area contributed by atoms with Crippen LogP contribution in [0.5, 0.6) is 0 Å². The molecule has 0 aromatic carbocycles. The van der Waals surface area contributed by atoms with Crippen molar-refractivity contribution in [1.82, 2.24) is 5.32 Å². The summed E-state index contributed by atoms with van der Waals surface area (Å²) in [6.07, 6.45) is 2.03. The van der Waals surface area contributed by atoms with E-state index in [0.717, 1.165) is 25.1 Å². The molecule has 0 aliphatic rings. The lowest BCUT2D eigenvalue weighted by Gasteiger charge is -2.12. The zero-order valence-corrected chi connectivity index (χ0v) is 10.9. The van der Waals surface area contributed by atoms with Gasteiger partial charge >= 0.3 is 0 Å². The van der Waals surface area contributed by atoms with Crippen LogP contribution in [0.15, 0.2) is 0 Å². The Morgan fingerprint density at radius 1 is 1.40 bits per heavy atom. The van der Waals surface area contributed by atoms with Crippen LogP contribution in [0, 0.1) is 5.92 Å². The van der Waals surface area contributed by atoms with Crippen molar-refractivity contribution in [3.05, 3.63) is 0 Å². The summed E-state index contributed by atoms with van der Waals surface area (Å²) < 4.78 is 0. The minimum absolute atomic E-state index is 0.0451. The molecule has 0 saturated heterocycles. The number of thioether (sulfide) groups is 1. The van der Waals surface area contributed by atoms with Crippen LogP contribution in [0.4, 0.5) is 0 Å². The van der Waals surface area contributed by atoms with Crippen LogP contribution >= 0.6 is 11.8 Å². The van der Waals surface area contributed by atoms with Gasteiger partial charge in [0.05, 0.1) is 5.25 Å². The van der Waals surface area contributed by atoms with Crippen LogP contribution in [0.2, 0.25) is 0 Å². The zero-order valence-electron chi connectivity index (χ0n) is 10.1. The molecule has 15 heavy (non-hydrogen) atoms. The summed E-state index contributed by atoms with van der Waals surface area (Å²) in [5.41, 5.74) is 5.39. The van der Waals surface area contributed by atoms with Gasteiger partial charge in [0, 0.05) is 6.54 Å². The number of nitrogens with one attached hydrogen (secondary N) is 1. The van der Waals surface area contributed by atoms with Gasteiger partial charge < -0.3 is 11.1 Å². The molecule has 1 unspecified atom stereocenters. The van der Waals surface area contributed by atoms with Crippen LogP contribution in [0.1, 0.15) is 33.6 Å². The molecule has 3 nitrogen and oxygen atoms in total. The second-order valence-electron chi connectivity index (χ2n) is 4.13. The lowest BCUT2D eigenvalue weighted by molar-refractivity contribution is -0.120. The van der Waals surface area contributed by atoms with Gasteiger partial charge in [0.15, 0.2) is 0 Å². The molecule has 1 amide bonds. The number of carbonyl (C=O) groups is 1. The summed E-state index contributed by atoms with van der Waals surface area (Å²) in [6, 6.07) is 0. The van der Waals surface area contributed by atoms with Crippen molar-refractivity contribution < 1.29 is 4.79 Å². The maximum absolute atomic E-state index is 11.6. The van der Waals surface area contributed by atoms with E-state index in [4.69, 9.17) is 5.73 Å². The minimum atomic E-state index is 0.0451. The van der Waals surface area contributed by atoms with Gasteiger partial charge in [-0.1, -0.05) is 13.8 Å². The molecule has 90 valence electrons. The normalized spacial score (nSPS) is 12.9. The third kappa shape index (κ3) is 8.75. The van der Waals surface area contributed by atoms with Gasteiger partial charge in [-0.3, -0.25) is 4.79 Å².